The van der Waals surface area contributed by atoms with Gasteiger partial charge in [-0.2, -0.15) is 0 Å². The van der Waals surface area contributed by atoms with E-state index in [9.17, 15) is 4.79 Å². The third-order valence-corrected chi connectivity index (χ3v) is 4.62. The number of amides is 1. The number of carbonyl (C=O) groups excluding carboxylic acids is 1. The van der Waals surface area contributed by atoms with Crippen LogP contribution >= 0.6 is 15.9 Å². The Morgan fingerprint density at radius 2 is 2.08 bits per heavy atom. The first-order chi connectivity index (χ1) is 11.6. The quantitative estimate of drug-likeness (QED) is 0.510. The van der Waals surface area contributed by atoms with Crippen LogP contribution in [0.25, 0.3) is 0 Å². The van der Waals surface area contributed by atoms with Gasteiger partial charge in [0.2, 0.25) is 5.91 Å². The van der Waals surface area contributed by atoms with Crippen molar-refractivity contribution in [1.29, 1.82) is 0 Å². The van der Waals surface area contributed by atoms with Crippen LogP contribution in [0, 0.1) is 6.92 Å². The molecule has 1 fully saturated rings. The van der Waals surface area contributed by atoms with Gasteiger partial charge in [-0.15, -0.1) is 0 Å². The molecule has 1 aliphatic rings. The molecule has 0 spiro atoms. The van der Waals surface area contributed by atoms with Gasteiger partial charge in [0.1, 0.15) is 0 Å². The van der Waals surface area contributed by atoms with Crippen LogP contribution in [-0.4, -0.2) is 31.0 Å². The number of rotatable bonds is 6. The lowest BCUT2D eigenvalue weighted by Gasteiger charge is -2.16. The van der Waals surface area contributed by atoms with Gasteiger partial charge in [0.15, 0.2) is 5.96 Å². The van der Waals surface area contributed by atoms with E-state index in [0.29, 0.717) is 19.0 Å². The molecular weight excluding hydrogens is 368 g/mol. The summed E-state index contributed by atoms with van der Waals surface area (Å²) in [7, 11) is 0. The Labute approximate surface area is 152 Å². The number of aliphatic imine (C=N–C) groups is 1. The minimum Gasteiger partial charge on any atom is -0.357 e. The number of benzene rings is 1. The van der Waals surface area contributed by atoms with Crippen LogP contribution in [0.15, 0.2) is 27.7 Å². The molecule has 5 nitrogen and oxygen atoms in total. The lowest BCUT2D eigenvalue weighted by Crippen LogP contribution is -2.42. The van der Waals surface area contributed by atoms with Gasteiger partial charge in [-0.25, -0.2) is 0 Å². The number of anilines is 1. The van der Waals surface area contributed by atoms with Crippen LogP contribution < -0.4 is 16.0 Å². The number of halogens is 1. The van der Waals surface area contributed by atoms with E-state index in [1.807, 2.05) is 25.1 Å². The second kappa shape index (κ2) is 9.67. The first kappa shape index (κ1) is 18.8. The summed E-state index contributed by atoms with van der Waals surface area (Å²) in [6.07, 6.45) is 5.34. The second-order valence-corrected chi connectivity index (χ2v) is 7.06. The molecule has 132 valence electrons. The van der Waals surface area contributed by atoms with Crippen molar-refractivity contribution in [1.82, 2.24) is 10.6 Å². The van der Waals surface area contributed by atoms with Gasteiger partial charge < -0.3 is 16.0 Å². The molecule has 1 saturated carbocycles. The first-order valence-electron chi connectivity index (χ1n) is 8.69. The van der Waals surface area contributed by atoms with Crippen LogP contribution in [0.5, 0.6) is 0 Å². The smallest absolute Gasteiger partial charge is 0.226 e. The second-order valence-electron chi connectivity index (χ2n) is 6.14. The molecule has 0 aliphatic heterocycles. The fourth-order valence-electron chi connectivity index (χ4n) is 2.79. The number of guanidine groups is 1. The van der Waals surface area contributed by atoms with E-state index < -0.39 is 0 Å². The maximum Gasteiger partial charge on any atom is 0.226 e. The SMILES string of the molecule is CCNC(=NCCC(=O)Nc1cc(Br)ccc1C)NC1CCCC1. The third kappa shape index (κ3) is 6.15. The normalized spacial score (nSPS) is 15.4. The van der Waals surface area contributed by atoms with Crippen molar-refractivity contribution in [2.75, 3.05) is 18.4 Å². The molecule has 24 heavy (non-hydrogen) atoms. The Kier molecular flexibility index (Phi) is 7.56. The lowest BCUT2D eigenvalue weighted by molar-refractivity contribution is -0.116. The topological polar surface area (TPSA) is 65.5 Å². The van der Waals surface area contributed by atoms with Gasteiger partial charge in [0, 0.05) is 29.2 Å². The summed E-state index contributed by atoms with van der Waals surface area (Å²) in [4.78, 5) is 16.6. The highest BCUT2D eigenvalue weighted by atomic mass is 79.9. The molecule has 1 aromatic rings. The lowest BCUT2D eigenvalue weighted by atomic mass is 10.2. The Balaban J connectivity index is 1.83. The minimum atomic E-state index is -0.0170. The predicted molar refractivity (Wildman–Crippen MR) is 103 cm³/mol. The van der Waals surface area contributed by atoms with Crippen molar-refractivity contribution >= 4 is 33.5 Å². The zero-order chi connectivity index (χ0) is 17.4. The predicted octanol–water partition coefficient (Wildman–Crippen LogP) is 3.58. The number of nitrogens with one attached hydrogen (secondary N) is 3. The van der Waals surface area contributed by atoms with E-state index in [2.05, 4.69) is 43.8 Å². The molecule has 0 bridgehead atoms. The van der Waals surface area contributed by atoms with E-state index in [1.165, 1.54) is 25.7 Å². The van der Waals surface area contributed by atoms with Crippen LogP contribution in [0.1, 0.15) is 44.6 Å². The fourth-order valence-corrected chi connectivity index (χ4v) is 3.16. The number of hydrogen-bond acceptors (Lipinski definition) is 2. The molecule has 0 heterocycles. The highest BCUT2D eigenvalue weighted by molar-refractivity contribution is 9.10. The van der Waals surface area contributed by atoms with Crippen molar-refractivity contribution in [3.8, 4) is 0 Å². The average Bonchev–Trinajstić information content (AvgIpc) is 3.04. The van der Waals surface area contributed by atoms with Gasteiger partial charge >= 0.3 is 0 Å². The van der Waals surface area contributed by atoms with Crippen LogP contribution in [0.2, 0.25) is 0 Å². The Morgan fingerprint density at radius 3 is 2.79 bits per heavy atom. The molecule has 1 aliphatic carbocycles. The van der Waals surface area contributed by atoms with Gasteiger partial charge in [0.25, 0.3) is 0 Å². The minimum absolute atomic E-state index is 0.0170. The Hall–Kier alpha value is -1.56. The molecule has 0 radical (unpaired) electrons. The summed E-state index contributed by atoms with van der Waals surface area (Å²) in [5, 5.41) is 9.66. The molecule has 6 heteroatoms. The van der Waals surface area contributed by atoms with Gasteiger partial charge in [-0.1, -0.05) is 34.8 Å². The van der Waals surface area contributed by atoms with E-state index in [-0.39, 0.29) is 5.91 Å². The summed E-state index contributed by atoms with van der Waals surface area (Å²) in [5.74, 6) is 0.799. The zero-order valence-corrected chi connectivity index (χ0v) is 16.1. The van der Waals surface area contributed by atoms with Gasteiger partial charge in [0.05, 0.1) is 6.54 Å². The first-order valence-corrected chi connectivity index (χ1v) is 9.48. The number of nitrogens with zero attached hydrogens (tertiary/aromatic N) is 1. The van der Waals surface area contributed by atoms with Crippen molar-refractivity contribution < 1.29 is 4.79 Å². The van der Waals surface area contributed by atoms with Crippen LogP contribution in [-0.2, 0) is 4.79 Å². The van der Waals surface area contributed by atoms with E-state index >= 15 is 0 Å². The van der Waals surface area contributed by atoms with E-state index in [4.69, 9.17) is 0 Å². The van der Waals surface area contributed by atoms with E-state index in [1.54, 1.807) is 0 Å². The van der Waals surface area contributed by atoms with E-state index in [0.717, 1.165) is 28.2 Å². The molecule has 0 atom stereocenters. The summed E-state index contributed by atoms with van der Waals surface area (Å²) < 4.78 is 0.955. The summed E-state index contributed by atoms with van der Waals surface area (Å²) in [5.41, 5.74) is 1.89. The third-order valence-electron chi connectivity index (χ3n) is 4.12. The summed E-state index contributed by atoms with van der Waals surface area (Å²) in [6.45, 7) is 5.33. The largest absolute Gasteiger partial charge is 0.357 e. The highest BCUT2D eigenvalue weighted by Crippen LogP contribution is 2.20. The average molecular weight is 395 g/mol. The summed E-state index contributed by atoms with van der Waals surface area (Å²) in [6, 6.07) is 6.38. The zero-order valence-electron chi connectivity index (χ0n) is 14.5. The number of hydrogen-bond donors (Lipinski definition) is 3. The molecule has 3 N–H and O–H groups in total. The van der Waals surface area contributed by atoms with Crippen molar-refractivity contribution in [2.45, 2.75) is 52.0 Å². The molecule has 1 amide bonds. The Bertz CT molecular complexity index is 582. The van der Waals surface area contributed by atoms with Gasteiger partial charge in [-0.05, 0) is 44.4 Å². The fraction of sp³-hybridized carbons (Fsp3) is 0.556. The molecule has 2 rings (SSSR count). The van der Waals surface area contributed by atoms with Gasteiger partial charge in [-0.3, -0.25) is 9.79 Å². The van der Waals surface area contributed by atoms with Crippen molar-refractivity contribution in [2.24, 2.45) is 4.99 Å². The monoisotopic (exact) mass is 394 g/mol. The standard InChI is InChI=1S/C18H27BrN4O/c1-3-20-18(22-15-6-4-5-7-15)21-11-10-17(24)23-16-12-14(19)9-8-13(16)2/h8-9,12,15H,3-7,10-11H2,1-2H3,(H,23,24)(H2,20,21,22). The number of aryl methyl sites for hydroxylation is 1. The van der Waals surface area contributed by atoms with Crippen molar-refractivity contribution in [3.05, 3.63) is 28.2 Å². The van der Waals surface area contributed by atoms with Crippen molar-refractivity contribution in [3.63, 3.8) is 0 Å². The molecule has 1 aromatic carbocycles. The Morgan fingerprint density at radius 1 is 1.33 bits per heavy atom. The molecule has 0 saturated heterocycles. The summed E-state index contributed by atoms with van der Waals surface area (Å²) >= 11 is 3.43. The maximum atomic E-state index is 12.1. The maximum absolute atomic E-state index is 12.1. The van der Waals surface area contributed by atoms with Crippen LogP contribution in [0.4, 0.5) is 5.69 Å². The highest BCUT2D eigenvalue weighted by Gasteiger charge is 2.15. The molecule has 0 unspecified atom stereocenters. The molecule has 0 aromatic heterocycles. The van der Waals surface area contributed by atoms with Crippen LogP contribution in [0.3, 0.4) is 0 Å². The number of carbonyl (C=O) groups is 1. The molecular formula is C18H27BrN4O.